The number of nitrogens with one attached hydrogen (secondary N) is 2. The summed E-state index contributed by atoms with van der Waals surface area (Å²) in [5, 5.41) is 6.25. The first-order valence-electron chi connectivity index (χ1n) is 6.89. The maximum atomic E-state index is 12.2. The van der Waals surface area contributed by atoms with Gasteiger partial charge in [0.1, 0.15) is 0 Å². The summed E-state index contributed by atoms with van der Waals surface area (Å²) < 4.78 is 0. The first-order chi connectivity index (χ1) is 7.97. The van der Waals surface area contributed by atoms with Gasteiger partial charge in [-0.15, -0.1) is 0 Å². The molecule has 1 aliphatic carbocycles. The first-order valence-corrected chi connectivity index (χ1v) is 6.89. The highest BCUT2D eigenvalue weighted by molar-refractivity contribution is 5.79. The van der Waals surface area contributed by atoms with E-state index in [0.717, 1.165) is 19.5 Å². The van der Waals surface area contributed by atoms with E-state index >= 15 is 0 Å². The van der Waals surface area contributed by atoms with Crippen LogP contribution in [0.3, 0.4) is 0 Å². The van der Waals surface area contributed by atoms with Gasteiger partial charge in [0.15, 0.2) is 0 Å². The van der Waals surface area contributed by atoms with E-state index in [9.17, 15) is 4.79 Å². The van der Waals surface area contributed by atoms with E-state index in [1.807, 2.05) is 7.05 Å². The fourth-order valence-electron chi connectivity index (χ4n) is 2.80. The Labute approximate surface area is 106 Å². The van der Waals surface area contributed by atoms with E-state index in [0.29, 0.717) is 5.92 Å². The molecule has 0 spiro atoms. The third-order valence-corrected chi connectivity index (χ3v) is 4.00. The van der Waals surface area contributed by atoms with Crippen LogP contribution in [0.1, 0.15) is 46.5 Å². The monoisotopic (exact) mass is 240 g/mol. The molecule has 0 aromatic rings. The topological polar surface area (TPSA) is 41.1 Å². The summed E-state index contributed by atoms with van der Waals surface area (Å²) in [5.41, 5.74) is 0.175. The Bertz CT molecular complexity index is 251. The number of carbonyl (C=O) groups is 1. The molecule has 0 bridgehead atoms. The van der Waals surface area contributed by atoms with Gasteiger partial charge in [-0.05, 0) is 37.8 Å². The summed E-state index contributed by atoms with van der Waals surface area (Å²) in [6, 6.07) is 0. The minimum Gasteiger partial charge on any atom is -0.356 e. The highest BCUT2D eigenvalue weighted by atomic mass is 16.1. The van der Waals surface area contributed by atoms with Crippen molar-refractivity contribution in [2.45, 2.75) is 46.5 Å². The van der Waals surface area contributed by atoms with Crippen molar-refractivity contribution in [3.63, 3.8) is 0 Å². The van der Waals surface area contributed by atoms with Crippen LogP contribution in [0.15, 0.2) is 0 Å². The molecular weight excluding hydrogens is 212 g/mol. The Morgan fingerprint density at radius 2 is 2.06 bits per heavy atom. The zero-order valence-electron chi connectivity index (χ0n) is 11.8. The van der Waals surface area contributed by atoms with Gasteiger partial charge >= 0.3 is 0 Å². The second-order valence-corrected chi connectivity index (χ2v) is 6.19. The Morgan fingerprint density at radius 3 is 2.65 bits per heavy atom. The van der Waals surface area contributed by atoms with E-state index in [2.05, 4.69) is 31.4 Å². The smallest absolute Gasteiger partial charge is 0.223 e. The third kappa shape index (κ3) is 4.30. The van der Waals surface area contributed by atoms with Gasteiger partial charge in [0, 0.05) is 12.5 Å². The van der Waals surface area contributed by atoms with Gasteiger partial charge in [-0.25, -0.2) is 0 Å². The van der Waals surface area contributed by atoms with Crippen LogP contribution >= 0.6 is 0 Å². The summed E-state index contributed by atoms with van der Waals surface area (Å²) in [4.78, 5) is 12.2. The van der Waals surface area contributed by atoms with E-state index in [4.69, 9.17) is 0 Å². The minimum atomic E-state index is 0.175. The fourth-order valence-corrected chi connectivity index (χ4v) is 2.80. The summed E-state index contributed by atoms with van der Waals surface area (Å²) >= 11 is 0. The molecular formula is C14H28N2O. The minimum absolute atomic E-state index is 0.175. The highest BCUT2D eigenvalue weighted by Gasteiger charge is 2.36. The molecule has 1 saturated carbocycles. The largest absolute Gasteiger partial charge is 0.356 e. The zero-order valence-corrected chi connectivity index (χ0v) is 11.8. The molecule has 0 aliphatic heterocycles. The Hall–Kier alpha value is -0.570. The fraction of sp³-hybridized carbons (Fsp3) is 0.929. The SMILES string of the molecule is CNCC(C)CNC(=O)C1CCCCC1(C)C. The molecule has 2 N–H and O–H groups in total. The van der Waals surface area contributed by atoms with Crippen LogP contribution in [-0.2, 0) is 4.79 Å². The lowest BCUT2D eigenvalue weighted by Gasteiger charge is -2.37. The maximum Gasteiger partial charge on any atom is 0.223 e. The van der Waals surface area contributed by atoms with Crippen molar-refractivity contribution in [2.24, 2.45) is 17.3 Å². The standard InChI is InChI=1S/C14H28N2O/c1-11(9-15-4)10-16-13(17)12-7-5-6-8-14(12,2)3/h11-12,15H,5-10H2,1-4H3,(H,16,17). The van der Waals surface area contributed by atoms with Crippen molar-refractivity contribution in [3.05, 3.63) is 0 Å². The second kappa shape index (κ2) is 6.39. The van der Waals surface area contributed by atoms with Gasteiger partial charge in [-0.3, -0.25) is 4.79 Å². The number of amides is 1. The van der Waals surface area contributed by atoms with Gasteiger partial charge < -0.3 is 10.6 Å². The summed E-state index contributed by atoms with van der Waals surface area (Å²) in [7, 11) is 1.95. The van der Waals surface area contributed by atoms with Crippen molar-refractivity contribution >= 4 is 5.91 Å². The first kappa shape index (κ1) is 14.5. The quantitative estimate of drug-likeness (QED) is 0.773. The van der Waals surface area contributed by atoms with Crippen molar-refractivity contribution in [1.82, 2.24) is 10.6 Å². The molecule has 3 heteroatoms. The normalized spacial score (nSPS) is 25.3. The molecule has 0 radical (unpaired) electrons. The highest BCUT2D eigenvalue weighted by Crippen LogP contribution is 2.40. The van der Waals surface area contributed by atoms with Crippen LogP contribution in [0.25, 0.3) is 0 Å². The summed E-state index contributed by atoms with van der Waals surface area (Å²) in [6.07, 6.45) is 4.71. The molecule has 0 aromatic heterocycles. The van der Waals surface area contributed by atoms with Crippen molar-refractivity contribution < 1.29 is 4.79 Å². The lowest BCUT2D eigenvalue weighted by atomic mass is 9.68. The third-order valence-electron chi connectivity index (χ3n) is 4.00. The van der Waals surface area contributed by atoms with Gasteiger partial charge in [0.05, 0.1) is 0 Å². The molecule has 3 nitrogen and oxygen atoms in total. The van der Waals surface area contributed by atoms with E-state index < -0.39 is 0 Å². The molecule has 0 aromatic carbocycles. The molecule has 1 fully saturated rings. The number of carbonyl (C=O) groups excluding carboxylic acids is 1. The van der Waals surface area contributed by atoms with Crippen molar-refractivity contribution in [3.8, 4) is 0 Å². The van der Waals surface area contributed by atoms with Crippen LogP contribution in [0, 0.1) is 17.3 Å². The van der Waals surface area contributed by atoms with Gasteiger partial charge in [-0.1, -0.05) is 33.6 Å². The average molecular weight is 240 g/mol. The summed E-state index contributed by atoms with van der Waals surface area (Å²) in [5.74, 6) is 0.964. The predicted octanol–water partition coefficient (Wildman–Crippen LogP) is 2.17. The van der Waals surface area contributed by atoms with Crippen LogP contribution < -0.4 is 10.6 Å². The van der Waals surface area contributed by atoms with E-state index in [1.54, 1.807) is 0 Å². The van der Waals surface area contributed by atoms with Crippen molar-refractivity contribution in [1.29, 1.82) is 0 Å². The van der Waals surface area contributed by atoms with Crippen molar-refractivity contribution in [2.75, 3.05) is 20.1 Å². The molecule has 1 amide bonds. The van der Waals surface area contributed by atoms with Crippen LogP contribution in [0.2, 0.25) is 0 Å². The molecule has 17 heavy (non-hydrogen) atoms. The van der Waals surface area contributed by atoms with Crippen LogP contribution in [-0.4, -0.2) is 26.0 Å². The molecule has 2 atom stereocenters. The Balaban J connectivity index is 2.41. The molecule has 100 valence electrons. The van der Waals surface area contributed by atoms with E-state index in [-0.39, 0.29) is 17.2 Å². The second-order valence-electron chi connectivity index (χ2n) is 6.19. The number of hydrogen-bond donors (Lipinski definition) is 2. The predicted molar refractivity (Wildman–Crippen MR) is 71.8 cm³/mol. The van der Waals surface area contributed by atoms with Gasteiger partial charge in [0.2, 0.25) is 5.91 Å². The maximum absolute atomic E-state index is 12.2. The van der Waals surface area contributed by atoms with Crippen LogP contribution in [0.5, 0.6) is 0 Å². The van der Waals surface area contributed by atoms with Crippen LogP contribution in [0.4, 0.5) is 0 Å². The number of hydrogen-bond acceptors (Lipinski definition) is 2. The van der Waals surface area contributed by atoms with E-state index in [1.165, 1.54) is 19.3 Å². The Morgan fingerprint density at radius 1 is 1.35 bits per heavy atom. The molecule has 0 saturated heterocycles. The Kier molecular flexibility index (Phi) is 5.44. The molecule has 0 heterocycles. The molecule has 2 unspecified atom stereocenters. The summed E-state index contributed by atoms with van der Waals surface area (Å²) in [6.45, 7) is 8.35. The lowest BCUT2D eigenvalue weighted by Crippen LogP contribution is -2.43. The molecule has 1 rings (SSSR count). The average Bonchev–Trinajstić information content (AvgIpc) is 2.26. The van der Waals surface area contributed by atoms with Gasteiger partial charge in [-0.2, -0.15) is 0 Å². The zero-order chi connectivity index (χ0) is 12.9. The molecule has 1 aliphatic rings. The lowest BCUT2D eigenvalue weighted by molar-refractivity contribution is -0.130. The number of rotatable bonds is 5. The van der Waals surface area contributed by atoms with Gasteiger partial charge in [0.25, 0.3) is 0 Å².